The highest BCUT2D eigenvalue weighted by molar-refractivity contribution is 5.90. The molecular weight excluding hydrogens is 435 g/mol. The van der Waals surface area contributed by atoms with Gasteiger partial charge in [-0.15, -0.1) is 0 Å². The van der Waals surface area contributed by atoms with Crippen molar-refractivity contribution in [2.45, 2.75) is 31.1 Å². The van der Waals surface area contributed by atoms with Gasteiger partial charge in [0.05, 0.1) is 26.7 Å². The van der Waals surface area contributed by atoms with E-state index in [4.69, 9.17) is 5.73 Å². The molecule has 4 heteroatoms. The summed E-state index contributed by atoms with van der Waals surface area (Å²) in [5, 5.41) is 0. The average molecular weight is 464 g/mol. The molecule has 2 N–H and O–H groups in total. The molecule has 1 fully saturated rings. The van der Waals surface area contributed by atoms with Crippen LogP contribution in [-0.4, -0.2) is 37.1 Å². The van der Waals surface area contributed by atoms with Crippen molar-refractivity contribution < 1.29 is 33.3 Å². The number of piperidine rings is 1. The zero-order chi connectivity index (χ0) is 17.8. The van der Waals surface area contributed by atoms with Crippen LogP contribution in [0.5, 0.6) is 0 Å². The van der Waals surface area contributed by atoms with Crippen molar-refractivity contribution in [2.24, 2.45) is 5.73 Å². The zero-order valence-electron chi connectivity index (χ0n) is 15.5. The first-order valence-electron chi connectivity index (χ1n) is 9.31. The maximum Gasteiger partial charge on any atom is 0.232 e. The molecule has 0 aliphatic carbocycles. The van der Waals surface area contributed by atoms with Crippen molar-refractivity contribution >= 4 is 5.91 Å². The minimum atomic E-state index is -0.763. The molecule has 26 heavy (non-hydrogen) atoms. The fourth-order valence-electron chi connectivity index (χ4n) is 4.25. The summed E-state index contributed by atoms with van der Waals surface area (Å²) < 4.78 is 1.04. The number of nitrogens with two attached hydrogens (primary N) is 1. The first-order valence-corrected chi connectivity index (χ1v) is 9.31. The van der Waals surface area contributed by atoms with Gasteiger partial charge in [-0.1, -0.05) is 60.7 Å². The van der Waals surface area contributed by atoms with Gasteiger partial charge in [0.2, 0.25) is 5.91 Å². The third-order valence-corrected chi connectivity index (χ3v) is 5.88. The van der Waals surface area contributed by atoms with Crippen molar-refractivity contribution in [1.82, 2.24) is 0 Å². The molecule has 140 valence electrons. The molecule has 0 spiro atoms. The Balaban J connectivity index is 0.00000243. The summed E-state index contributed by atoms with van der Waals surface area (Å²) in [6.07, 6.45) is 4.62. The molecular formula is C22H29IN2O. The molecule has 0 atom stereocenters. The number of primary amides is 1. The normalized spacial score (nSPS) is 16.5. The largest absolute Gasteiger partial charge is 1.00 e. The molecule has 2 aromatic rings. The Bertz CT molecular complexity index is 657. The lowest BCUT2D eigenvalue weighted by Crippen LogP contribution is -3.00. The first kappa shape index (κ1) is 20.9. The zero-order valence-corrected chi connectivity index (χ0v) is 17.7. The summed E-state index contributed by atoms with van der Waals surface area (Å²) in [5.41, 5.74) is 7.28. The highest BCUT2D eigenvalue weighted by Gasteiger charge is 2.42. The molecule has 0 bridgehead atoms. The maximum atomic E-state index is 12.8. The number of nitrogens with zero attached hydrogens (tertiary/aromatic N) is 1. The van der Waals surface area contributed by atoms with Crippen molar-refractivity contribution in [3.05, 3.63) is 71.8 Å². The minimum Gasteiger partial charge on any atom is -1.00 e. The van der Waals surface area contributed by atoms with Crippen LogP contribution in [0.15, 0.2) is 60.7 Å². The molecule has 0 radical (unpaired) electrons. The number of likely N-dealkylation sites (tertiary alicyclic amines) is 1. The highest BCUT2D eigenvalue weighted by atomic mass is 127. The van der Waals surface area contributed by atoms with Crippen LogP contribution in [-0.2, 0) is 10.2 Å². The van der Waals surface area contributed by atoms with Gasteiger partial charge < -0.3 is 34.2 Å². The summed E-state index contributed by atoms with van der Waals surface area (Å²) in [6, 6.07) is 20.1. The lowest BCUT2D eigenvalue weighted by Gasteiger charge is -2.41. The number of amides is 1. The van der Waals surface area contributed by atoms with Crippen LogP contribution in [0.25, 0.3) is 0 Å². The van der Waals surface area contributed by atoms with Gasteiger partial charge in [0.25, 0.3) is 0 Å². The number of rotatable bonds is 6. The van der Waals surface area contributed by atoms with Crippen LogP contribution in [0.3, 0.4) is 0 Å². The number of carbonyl (C=O) groups is 1. The van der Waals surface area contributed by atoms with Gasteiger partial charge in [-0.3, -0.25) is 4.79 Å². The van der Waals surface area contributed by atoms with Crippen molar-refractivity contribution in [3.8, 4) is 0 Å². The molecule has 1 aliphatic rings. The number of carbonyl (C=O) groups excluding carboxylic acids is 1. The quantitative estimate of drug-likeness (QED) is 0.491. The predicted octanol–water partition coefficient (Wildman–Crippen LogP) is 0.483. The Hall–Kier alpha value is -1.40. The van der Waals surface area contributed by atoms with Crippen LogP contribution < -0.4 is 29.7 Å². The van der Waals surface area contributed by atoms with E-state index in [1.165, 1.54) is 32.4 Å². The van der Waals surface area contributed by atoms with Gasteiger partial charge in [0, 0.05) is 6.42 Å². The second-order valence-electron chi connectivity index (χ2n) is 7.60. The number of hydrogen-bond donors (Lipinski definition) is 1. The Morgan fingerprint density at radius 1 is 0.923 bits per heavy atom. The standard InChI is InChI=1S/C22H28N2O.HI/c1-24(16-9-4-10-17-24)18-15-22(21(23)25,19-11-5-2-6-12-19)20-13-7-3-8-14-20;/h2-3,5-8,11-14H,4,9-10,15-18H2,1H3,(H-,23,25);1H. The summed E-state index contributed by atoms with van der Waals surface area (Å²) in [5.74, 6) is -0.256. The monoisotopic (exact) mass is 464 g/mol. The minimum absolute atomic E-state index is 0. The topological polar surface area (TPSA) is 43.1 Å². The second-order valence-corrected chi connectivity index (χ2v) is 7.60. The van der Waals surface area contributed by atoms with Gasteiger partial charge >= 0.3 is 0 Å². The third-order valence-electron chi connectivity index (χ3n) is 5.88. The van der Waals surface area contributed by atoms with Gasteiger partial charge in [0.1, 0.15) is 5.41 Å². The molecule has 1 amide bonds. The molecule has 0 aromatic heterocycles. The molecule has 1 saturated heterocycles. The Kier molecular flexibility index (Phi) is 7.24. The maximum absolute atomic E-state index is 12.8. The van der Waals surface area contributed by atoms with Gasteiger partial charge in [-0.25, -0.2) is 0 Å². The van der Waals surface area contributed by atoms with Gasteiger partial charge in [-0.05, 0) is 30.4 Å². The molecule has 3 nitrogen and oxygen atoms in total. The second kappa shape index (κ2) is 9.00. The molecule has 0 saturated carbocycles. The van der Waals surface area contributed by atoms with Crippen LogP contribution in [0.4, 0.5) is 0 Å². The number of halogens is 1. The Morgan fingerprint density at radius 3 is 1.81 bits per heavy atom. The van der Waals surface area contributed by atoms with Crippen LogP contribution in [0.2, 0.25) is 0 Å². The first-order chi connectivity index (χ1) is 12.1. The SMILES string of the molecule is C[N+]1(CCC(C(N)=O)(c2ccccc2)c2ccccc2)CCCCC1.[I-]. The smallest absolute Gasteiger partial charge is 0.232 e. The molecule has 0 unspecified atom stereocenters. The Labute approximate surface area is 174 Å². The third kappa shape index (κ3) is 4.29. The van der Waals surface area contributed by atoms with E-state index in [-0.39, 0.29) is 29.9 Å². The summed E-state index contributed by atoms with van der Waals surface area (Å²) >= 11 is 0. The van der Waals surface area contributed by atoms with Crippen LogP contribution >= 0.6 is 0 Å². The molecule has 1 heterocycles. The van der Waals surface area contributed by atoms with Crippen LogP contribution in [0.1, 0.15) is 36.8 Å². The van der Waals surface area contributed by atoms with Gasteiger partial charge in [0.15, 0.2) is 0 Å². The summed E-state index contributed by atoms with van der Waals surface area (Å²) in [7, 11) is 2.32. The molecule has 3 rings (SSSR count). The lowest BCUT2D eigenvalue weighted by molar-refractivity contribution is -0.914. The molecule has 2 aromatic carbocycles. The fraction of sp³-hybridized carbons (Fsp3) is 0.409. The van der Waals surface area contributed by atoms with E-state index in [0.717, 1.165) is 28.6 Å². The molecule has 1 aliphatic heterocycles. The van der Waals surface area contributed by atoms with E-state index >= 15 is 0 Å². The summed E-state index contributed by atoms with van der Waals surface area (Å²) in [4.78, 5) is 12.8. The van der Waals surface area contributed by atoms with Crippen molar-refractivity contribution in [2.75, 3.05) is 26.7 Å². The summed E-state index contributed by atoms with van der Waals surface area (Å²) in [6.45, 7) is 3.35. The van der Waals surface area contributed by atoms with E-state index < -0.39 is 5.41 Å². The average Bonchev–Trinajstić information content (AvgIpc) is 2.64. The number of benzene rings is 2. The van der Waals surface area contributed by atoms with Crippen molar-refractivity contribution in [1.29, 1.82) is 0 Å². The van der Waals surface area contributed by atoms with E-state index in [9.17, 15) is 4.79 Å². The van der Waals surface area contributed by atoms with Crippen LogP contribution in [0, 0.1) is 0 Å². The van der Waals surface area contributed by atoms with E-state index in [0.29, 0.717) is 0 Å². The highest BCUT2D eigenvalue weighted by Crippen LogP contribution is 2.37. The number of quaternary nitrogens is 1. The van der Waals surface area contributed by atoms with Crippen molar-refractivity contribution in [3.63, 3.8) is 0 Å². The van der Waals surface area contributed by atoms with E-state index in [1.807, 2.05) is 60.7 Å². The fourth-order valence-corrected chi connectivity index (χ4v) is 4.25. The van der Waals surface area contributed by atoms with E-state index in [1.54, 1.807) is 0 Å². The number of hydrogen-bond acceptors (Lipinski definition) is 1. The van der Waals surface area contributed by atoms with E-state index in [2.05, 4.69) is 7.05 Å². The Morgan fingerprint density at radius 2 is 1.38 bits per heavy atom. The van der Waals surface area contributed by atoms with Gasteiger partial charge in [-0.2, -0.15) is 0 Å². The lowest BCUT2D eigenvalue weighted by atomic mass is 9.71. The predicted molar refractivity (Wildman–Crippen MR) is 102 cm³/mol.